The zero-order chi connectivity index (χ0) is 17.1. The fourth-order valence-corrected chi connectivity index (χ4v) is 2.70. The standard InChI is InChI=1S/C17H16BrN5O/c1-10(2)5-16-22-15(7-19)17(24-16)23-21-9-11-8-20-14-4-3-12(18)6-13(11)14/h3-4,6,8-10,20,23H,5H2,1-2H3. The number of nitriles is 1. The van der Waals surface area contributed by atoms with Gasteiger partial charge in [0.05, 0.1) is 6.21 Å². The van der Waals surface area contributed by atoms with Crippen molar-refractivity contribution in [1.82, 2.24) is 9.97 Å². The van der Waals surface area contributed by atoms with Gasteiger partial charge in [-0.25, -0.2) is 10.4 Å². The van der Waals surface area contributed by atoms with Gasteiger partial charge in [0.1, 0.15) is 6.07 Å². The third-order valence-electron chi connectivity index (χ3n) is 3.41. The minimum atomic E-state index is 0.212. The van der Waals surface area contributed by atoms with Crippen LogP contribution in [0.1, 0.15) is 31.0 Å². The van der Waals surface area contributed by atoms with E-state index in [0.29, 0.717) is 18.2 Å². The Bertz CT molecular complexity index is 932. The van der Waals surface area contributed by atoms with Gasteiger partial charge in [0.25, 0.3) is 5.88 Å². The molecule has 0 fully saturated rings. The van der Waals surface area contributed by atoms with E-state index in [9.17, 15) is 0 Å². The summed E-state index contributed by atoms with van der Waals surface area (Å²) in [4.78, 5) is 7.35. The van der Waals surface area contributed by atoms with Crippen LogP contribution in [0.15, 0.2) is 38.4 Å². The quantitative estimate of drug-likeness (QED) is 0.501. The number of rotatable bonds is 5. The number of halogens is 1. The van der Waals surface area contributed by atoms with Gasteiger partial charge in [-0.1, -0.05) is 29.8 Å². The van der Waals surface area contributed by atoms with Crippen LogP contribution < -0.4 is 5.43 Å². The van der Waals surface area contributed by atoms with Crippen molar-refractivity contribution < 1.29 is 4.42 Å². The van der Waals surface area contributed by atoms with Crippen molar-refractivity contribution in [3.63, 3.8) is 0 Å². The third-order valence-corrected chi connectivity index (χ3v) is 3.90. The average molecular weight is 386 g/mol. The molecule has 24 heavy (non-hydrogen) atoms. The van der Waals surface area contributed by atoms with Gasteiger partial charge < -0.3 is 9.40 Å². The zero-order valence-corrected chi connectivity index (χ0v) is 14.9. The number of nitrogens with zero attached hydrogens (tertiary/aromatic N) is 3. The molecule has 0 amide bonds. The summed E-state index contributed by atoms with van der Waals surface area (Å²) in [6, 6.07) is 8.00. The molecule has 3 aromatic rings. The van der Waals surface area contributed by atoms with E-state index in [-0.39, 0.29) is 11.6 Å². The Balaban J connectivity index is 1.79. The number of benzene rings is 1. The van der Waals surface area contributed by atoms with Crippen LogP contribution in [0.25, 0.3) is 10.9 Å². The highest BCUT2D eigenvalue weighted by Crippen LogP contribution is 2.22. The lowest BCUT2D eigenvalue weighted by Gasteiger charge is -1.98. The minimum Gasteiger partial charge on any atom is -0.422 e. The van der Waals surface area contributed by atoms with Crippen molar-refractivity contribution >= 4 is 38.9 Å². The Labute approximate surface area is 147 Å². The normalized spacial score (nSPS) is 11.5. The molecule has 0 aliphatic rings. The SMILES string of the molecule is CC(C)Cc1nc(C#N)c(NN=Cc2c[nH]c3ccc(Br)cc23)o1. The van der Waals surface area contributed by atoms with E-state index in [1.807, 2.05) is 30.5 Å². The maximum Gasteiger partial charge on any atom is 0.252 e. The molecule has 6 nitrogen and oxygen atoms in total. The first-order valence-electron chi connectivity index (χ1n) is 7.52. The summed E-state index contributed by atoms with van der Waals surface area (Å²) >= 11 is 3.46. The largest absolute Gasteiger partial charge is 0.422 e. The molecule has 0 spiro atoms. The molecule has 2 heterocycles. The first-order chi connectivity index (χ1) is 11.6. The summed E-state index contributed by atoms with van der Waals surface area (Å²) in [5.41, 5.74) is 4.93. The van der Waals surface area contributed by atoms with Crippen LogP contribution in [0.5, 0.6) is 0 Å². The molecule has 7 heteroatoms. The highest BCUT2D eigenvalue weighted by atomic mass is 79.9. The van der Waals surface area contributed by atoms with Gasteiger partial charge in [-0.2, -0.15) is 10.4 Å². The Morgan fingerprint density at radius 2 is 2.33 bits per heavy atom. The van der Waals surface area contributed by atoms with Gasteiger partial charge in [0.15, 0.2) is 5.89 Å². The highest BCUT2D eigenvalue weighted by molar-refractivity contribution is 9.10. The van der Waals surface area contributed by atoms with Crippen LogP contribution in [0, 0.1) is 17.2 Å². The molecule has 122 valence electrons. The number of H-pyrrole nitrogens is 1. The molecule has 0 aliphatic carbocycles. The monoisotopic (exact) mass is 385 g/mol. The first kappa shape index (κ1) is 16.3. The van der Waals surface area contributed by atoms with Gasteiger partial charge in [-0.05, 0) is 24.1 Å². The van der Waals surface area contributed by atoms with Gasteiger partial charge in [-0.3, -0.25) is 0 Å². The molecule has 0 aliphatic heterocycles. The maximum atomic E-state index is 9.15. The number of hydrogen-bond acceptors (Lipinski definition) is 5. The Morgan fingerprint density at radius 3 is 3.08 bits per heavy atom. The van der Waals surface area contributed by atoms with E-state index in [4.69, 9.17) is 9.68 Å². The van der Waals surface area contributed by atoms with Crippen molar-refractivity contribution in [3.8, 4) is 6.07 Å². The fraction of sp³-hybridized carbons (Fsp3) is 0.235. The van der Waals surface area contributed by atoms with E-state index in [1.54, 1.807) is 6.21 Å². The maximum absolute atomic E-state index is 9.15. The number of aromatic amines is 1. The average Bonchev–Trinajstić information content (AvgIpc) is 3.10. The fourth-order valence-electron chi connectivity index (χ4n) is 2.33. The molecular weight excluding hydrogens is 370 g/mol. The second-order valence-corrected chi connectivity index (χ2v) is 6.71. The topological polar surface area (TPSA) is 90.0 Å². The van der Waals surface area contributed by atoms with E-state index in [1.165, 1.54) is 0 Å². The van der Waals surface area contributed by atoms with Crippen molar-refractivity contribution in [1.29, 1.82) is 5.26 Å². The predicted molar refractivity (Wildman–Crippen MR) is 97.0 cm³/mol. The van der Waals surface area contributed by atoms with E-state index < -0.39 is 0 Å². The smallest absolute Gasteiger partial charge is 0.252 e. The molecule has 1 aromatic carbocycles. The van der Waals surface area contributed by atoms with Crippen LogP contribution in [0.4, 0.5) is 5.88 Å². The summed E-state index contributed by atoms with van der Waals surface area (Å²) < 4.78 is 6.57. The molecule has 0 unspecified atom stereocenters. The van der Waals surface area contributed by atoms with Crippen molar-refractivity contribution in [2.45, 2.75) is 20.3 Å². The summed E-state index contributed by atoms with van der Waals surface area (Å²) in [5.74, 6) is 1.21. The number of nitrogens with one attached hydrogen (secondary N) is 2. The second-order valence-electron chi connectivity index (χ2n) is 5.80. The Hall–Kier alpha value is -2.59. The van der Waals surface area contributed by atoms with Gasteiger partial charge in [-0.15, -0.1) is 0 Å². The van der Waals surface area contributed by atoms with Crippen LogP contribution >= 0.6 is 15.9 Å². The van der Waals surface area contributed by atoms with Crippen molar-refractivity contribution in [2.75, 3.05) is 5.43 Å². The zero-order valence-electron chi connectivity index (χ0n) is 13.3. The second kappa shape index (κ2) is 6.89. The Kier molecular flexibility index (Phi) is 4.67. The van der Waals surface area contributed by atoms with Crippen LogP contribution in [-0.4, -0.2) is 16.2 Å². The molecular formula is C17H16BrN5O. The summed E-state index contributed by atoms with van der Waals surface area (Å²) in [5, 5.41) is 14.4. The van der Waals surface area contributed by atoms with Crippen molar-refractivity contribution in [2.24, 2.45) is 11.0 Å². The third kappa shape index (κ3) is 3.49. The molecule has 0 atom stereocenters. The van der Waals surface area contributed by atoms with E-state index in [0.717, 1.165) is 20.9 Å². The molecule has 2 N–H and O–H groups in total. The number of oxazole rings is 1. The molecule has 0 saturated carbocycles. The van der Waals surface area contributed by atoms with Gasteiger partial charge in [0.2, 0.25) is 5.69 Å². The number of anilines is 1. The molecule has 0 saturated heterocycles. The summed E-state index contributed by atoms with van der Waals surface area (Å²) in [6.45, 7) is 4.13. The highest BCUT2D eigenvalue weighted by Gasteiger charge is 2.13. The molecule has 2 aromatic heterocycles. The summed E-state index contributed by atoms with van der Waals surface area (Å²) in [7, 11) is 0. The molecule has 3 rings (SSSR count). The lowest BCUT2D eigenvalue weighted by atomic mass is 10.1. The summed E-state index contributed by atoms with van der Waals surface area (Å²) in [6.07, 6.45) is 4.23. The molecule has 0 radical (unpaired) electrons. The lowest BCUT2D eigenvalue weighted by molar-refractivity contribution is 0.466. The minimum absolute atomic E-state index is 0.212. The van der Waals surface area contributed by atoms with Crippen LogP contribution in [-0.2, 0) is 6.42 Å². The van der Waals surface area contributed by atoms with Crippen LogP contribution in [0.3, 0.4) is 0 Å². The van der Waals surface area contributed by atoms with E-state index >= 15 is 0 Å². The van der Waals surface area contributed by atoms with Crippen molar-refractivity contribution in [3.05, 3.63) is 46.0 Å². The van der Waals surface area contributed by atoms with Gasteiger partial charge >= 0.3 is 0 Å². The lowest BCUT2D eigenvalue weighted by Crippen LogP contribution is -1.93. The Morgan fingerprint density at radius 1 is 1.50 bits per heavy atom. The van der Waals surface area contributed by atoms with Crippen LogP contribution in [0.2, 0.25) is 0 Å². The predicted octanol–water partition coefficient (Wildman–Crippen LogP) is 4.43. The number of aromatic nitrogens is 2. The number of hydrogen-bond donors (Lipinski definition) is 2. The van der Waals surface area contributed by atoms with E-state index in [2.05, 4.69) is 50.3 Å². The first-order valence-corrected chi connectivity index (χ1v) is 8.31. The van der Waals surface area contributed by atoms with Gasteiger partial charge in [0, 0.05) is 33.6 Å². The number of fused-ring (bicyclic) bond motifs is 1. The number of hydrazone groups is 1. The molecule has 0 bridgehead atoms.